The lowest BCUT2D eigenvalue weighted by Gasteiger charge is -2.24. The molecule has 0 amide bonds. The Balaban J connectivity index is 4.62. The second-order valence-corrected chi connectivity index (χ2v) is 4.51. The summed E-state index contributed by atoms with van der Waals surface area (Å²) in [7, 11) is -1.87. The summed E-state index contributed by atoms with van der Waals surface area (Å²) in [4.78, 5) is 0. The highest BCUT2D eigenvalue weighted by atomic mass is 31.1. The summed E-state index contributed by atoms with van der Waals surface area (Å²) >= 11 is 0. The van der Waals surface area contributed by atoms with Crippen LogP contribution in [0.4, 0.5) is 0 Å². The molecule has 5 heteroatoms. The smallest absolute Gasteiger partial charge is 0.361 e. The summed E-state index contributed by atoms with van der Waals surface area (Å²) in [5.41, 5.74) is 0. The van der Waals surface area contributed by atoms with Gasteiger partial charge >= 0.3 is 8.03 Å². The molecule has 0 aromatic heterocycles. The van der Waals surface area contributed by atoms with Crippen LogP contribution >= 0.6 is 8.03 Å². The van der Waals surface area contributed by atoms with Crippen molar-refractivity contribution in [1.29, 1.82) is 5.26 Å². The topological polar surface area (TPSA) is 70.3 Å². The Kier molecular flexibility index (Phi) is 5.87. The van der Waals surface area contributed by atoms with Gasteiger partial charge in [-0.2, -0.15) is 5.26 Å². The first-order valence-electron chi connectivity index (χ1n) is 4.79. The molecule has 80 valence electrons. The van der Waals surface area contributed by atoms with E-state index in [0.717, 1.165) is 0 Å². The van der Waals surface area contributed by atoms with Crippen LogP contribution in [-0.4, -0.2) is 17.1 Å². The Morgan fingerprint density at radius 3 is 2.43 bits per heavy atom. The molecule has 0 aromatic carbocycles. The largest absolute Gasteiger partial charge is 0.510 e. The van der Waals surface area contributed by atoms with Crippen LogP contribution in [0, 0.1) is 17.2 Å². The SMILES string of the molecule is CCC(C#N)C(O)(CC)O[P+](=O)CC. The second-order valence-electron chi connectivity index (χ2n) is 3.03. The van der Waals surface area contributed by atoms with Crippen LogP contribution in [0.2, 0.25) is 0 Å². The second kappa shape index (κ2) is 6.08. The van der Waals surface area contributed by atoms with Gasteiger partial charge in [0, 0.05) is 6.42 Å². The molecule has 14 heavy (non-hydrogen) atoms. The fourth-order valence-corrected chi connectivity index (χ4v) is 1.86. The molecule has 3 atom stereocenters. The Morgan fingerprint density at radius 2 is 2.14 bits per heavy atom. The van der Waals surface area contributed by atoms with E-state index in [1.807, 2.05) is 6.07 Å². The van der Waals surface area contributed by atoms with Gasteiger partial charge in [0.25, 0.3) is 0 Å². The fourth-order valence-electron chi connectivity index (χ4n) is 1.13. The van der Waals surface area contributed by atoms with Gasteiger partial charge in [0.1, 0.15) is 5.92 Å². The standard InChI is InChI=1S/C9H17NO3P/c1-4-8(7-10)9(11,5-2)13-14(12)6-3/h8,11H,4-6H2,1-3H3/q+1. The van der Waals surface area contributed by atoms with Crippen LogP contribution in [0.5, 0.6) is 0 Å². The number of rotatable bonds is 6. The van der Waals surface area contributed by atoms with Gasteiger partial charge in [-0.1, -0.05) is 13.8 Å². The highest BCUT2D eigenvalue weighted by Gasteiger charge is 2.43. The van der Waals surface area contributed by atoms with E-state index in [4.69, 9.17) is 9.79 Å². The molecule has 4 nitrogen and oxygen atoms in total. The monoisotopic (exact) mass is 218 g/mol. The summed E-state index contributed by atoms with van der Waals surface area (Å²) in [6, 6.07) is 1.97. The van der Waals surface area contributed by atoms with E-state index in [2.05, 4.69) is 0 Å². The van der Waals surface area contributed by atoms with Crippen molar-refractivity contribution in [2.75, 3.05) is 6.16 Å². The Bertz CT molecular complexity index is 239. The number of aliphatic hydroxyl groups is 1. The zero-order valence-electron chi connectivity index (χ0n) is 8.86. The van der Waals surface area contributed by atoms with Crippen molar-refractivity contribution in [2.24, 2.45) is 5.92 Å². The molecule has 0 saturated carbocycles. The van der Waals surface area contributed by atoms with Crippen molar-refractivity contribution in [3.8, 4) is 6.07 Å². The molecule has 1 N–H and O–H groups in total. The minimum Gasteiger partial charge on any atom is -0.361 e. The van der Waals surface area contributed by atoms with Crippen LogP contribution in [0.25, 0.3) is 0 Å². The van der Waals surface area contributed by atoms with Gasteiger partial charge in [-0.05, 0) is 17.9 Å². The summed E-state index contributed by atoms with van der Waals surface area (Å²) in [5.74, 6) is -2.19. The lowest BCUT2D eigenvalue weighted by Crippen LogP contribution is -2.37. The molecule has 3 unspecified atom stereocenters. The van der Waals surface area contributed by atoms with Gasteiger partial charge in [0.2, 0.25) is 5.79 Å². The van der Waals surface area contributed by atoms with E-state index in [0.29, 0.717) is 12.6 Å². The third kappa shape index (κ3) is 3.34. The molecule has 0 saturated heterocycles. The number of hydrogen-bond acceptors (Lipinski definition) is 4. The van der Waals surface area contributed by atoms with Crippen molar-refractivity contribution < 1.29 is 14.2 Å². The van der Waals surface area contributed by atoms with E-state index in [1.165, 1.54) is 0 Å². The third-order valence-corrected chi connectivity index (χ3v) is 3.17. The normalized spacial score (nSPS) is 18.1. The lowest BCUT2D eigenvalue weighted by atomic mass is 9.95. The lowest BCUT2D eigenvalue weighted by molar-refractivity contribution is -0.163. The molecule has 0 aliphatic rings. The van der Waals surface area contributed by atoms with Gasteiger partial charge in [0.05, 0.1) is 6.07 Å². The Hall–Kier alpha value is -0.490. The number of nitrogens with zero attached hydrogens (tertiary/aromatic N) is 1. The van der Waals surface area contributed by atoms with Crippen molar-refractivity contribution in [3.63, 3.8) is 0 Å². The fraction of sp³-hybridized carbons (Fsp3) is 0.889. The maximum Gasteiger partial charge on any atom is 0.510 e. The molecule has 0 fully saturated rings. The first-order chi connectivity index (χ1) is 6.53. The van der Waals surface area contributed by atoms with E-state index >= 15 is 0 Å². The first-order valence-corrected chi connectivity index (χ1v) is 6.16. The van der Waals surface area contributed by atoms with Crippen LogP contribution in [0.15, 0.2) is 0 Å². The number of hydrogen-bond donors (Lipinski definition) is 1. The average molecular weight is 218 g/mol. The summed E-state index contributed by atoms with van der Waals surface area (Å²) < 4.78 is 16.2. The predicted octanol–water partition coefficient (Wildman–Crippen LogP) is 2.41. The highest BCUT2D eigenvalue weighted by molar-refractivity contribution is 7.39. The van der Waals surface area contributed by atoms with E-state index in [9.17, 15) is 9.67 Å². The predicted molar refractivity (Wildman–Crippen MR) is 53.9 cm³/mol. The van der Waals surface area contributed by atoms with E-state index in [1.54, 1.807) is 20.8 Å². The van der Waals surface area contributed by atoms with Crippen molar-refractivity contribution in [1.82, 2.24) is 0 Å². The molecular weight excluding hydrogens is 201 g/mol. The Morgan fingerprint density at radius 1 is 1.57 bits per heavy atom. The first kappa shape index (κ1) is 13.5. The summed E-state index contributed by atoms with van der Waals surface area (Å²) in [6.45, 7) is 5.21. The highest BCUT2D eigenvalue weighted by Crippen LogP contribution is 2.36. The Labute approximate surface area is 85.8 Å². The summed E-state index contributed by atoms with van der Waals surface area (Å²) in [5, 5.41) is 18.7. The van der Waals surface area contributed by atoms with Gasteiger partial charge in [-0.3, -0.25) is 0 Å². The maximum absolute atomic E-state index is 11.2. The zero-order chi connectivity index (χ0) is 11.2. The van der Waals surface area contributed by atoms with Crippen molar-refractivity contribution >= 4 is 8.03 Å². The van der Waals surface area contributed by atoms with Crippen LogP contribution < -0.4 is 0 Å². The third-order valence-electron chi connectivity index (χ3n) is 2.13. The molecule has 0 radical (unpaired) electrons. The molecule has 0 rings (SSSR count). The van der Waals surface area contributed by atoms with E-state index in [-0.39, 0.29) is 6.42 Å². The molecule has 0 aliphatic carbocycles. The van der Waals surface area contributed by atoms with Crippen LogP contribution in [0.3, 0.4) is 0 Å². The molecule has 0 heterocycles. The molecule has 0 spiro atoms. The van der Waals surface area contributed by atoms with Gasteiger partial charge in [-0.25, -0.2) is 0 Å². The van der Waals surface area contributed by atoms with Gasteiger partial charge < -0.3 is 5.11 Å². The molecule has 0 bridgehead atoms. The van der Waals surface area contributed by atoms with Gasteiger partial charge in [-0.15, -0.1) is 4.52 Å². The van der Waals surface area contributed by atoms with Crippen LogP contribution in [0.1, 0.15) is 33.6 Å². The minimum absolute atomic E-state index is 0.264. The number of nitriles is 1. The zero-order valence-corrected chi connectivity index (χ0v) is 9.75. The van der Waals surface area contributed by atoms with Crippen molar-refractivity contribution in [3.05, 3.63) is 0 Å². The van der Waals surface area contributed by atoms with E-state index < -0.39 is 19.7 Å². The minimum atomic E-state index is -1.87. The van der Waals surface area contributed by atoms with Crippen molar-refractivity contribution in [2.45, 2.75) is 39.4 Å². The average Bonchev–Trinajstić information content (AvgIpc) is 2.19. The molecule has 0 aliphatic heterocycles. The maximum atomic E-state index is 11.2. The molecular formula is C9H17NO3P+. The van der Waals surface area contributed by atoms with Crippen LogP contribution in [-0.2, 0) is 9.09 Å². The molecule has 0 aromatic rings. The van der Waals surface area contributed by atoms with Gasteiger partial charge in [0.15, 0.2) is 6.16 Å². The quantitative estimate of drug-likeness (QED) is 0.549. The summed E-state index contributed by atoms with van der Waals surface area (Å²) in [6.07, 6.45) is 1.09.